The number of allylic oxidation sites excluding steroid dienone is 1. The molecule has 0 aromatic heterocycles. The number of carbonyl (C=O) groups is 1. The average Bonchev–Trinajstić information content (AvgIpc) is 2.15. The van der Waals surface area contributed by atoms with E-state index in [1.165, 1.54) is 0 Å². The maximum absolute atomic E-state index is 11.6. The predicted octanol–water partition coefficient (Wildman–Crippen LogP) is 2.40. The van der Waals surface area contributed by atoms with Gasteiger partial charge in [-0.2, -0.15) is 0 Å². The zero-order valence-corrected chi connectivity index (χ0v) is 9.39. The van der Waals surface area contributed by atoms with Crippen molar-refractivity contribution in [3.63, 3.8) is 0 Å². The highest BCUT2D eigenvalue weighted by molar-refractivity contribution is 5.80. The molecule has 0 aliphatic heterocycles. The van der Waals surface area contributed by atoms with Gasteiger partial charge in [0.05, 0.1) is 6.61 Å². The first-order chi connectivity index (χ1) is 6.40. The Morgan fingerprint density at radius 2 is 2.21 bits per heavy atom. The van der Waals surface area contributed by atoms with Crippen LogP contribution >= 0.6 is 0 Å². The lowest BCUT2D eigenvalue weighted by atomic mass is 9.75. The number of terminal acetylenes is 1. The highest BCUT2D eigenvalue weighted by atomic mass is 16.5. The van der Waals surface area contributed by atoms with E-state index in [9.17, 15) is 4.79 Å². The van der Waals surface area contributed by atoms with Crippen molar-refractivity contribution in [3.05, 3.63) is 12.2 Å². The zero-order valence-electron chi connectivity index (χ0n) is 9.39. The summed E-state index contributed by atoms with van der Waals surface area (Å²) in [7, 11) is 0. The summed E-state index contributed by atoms with van der Waals surface area (Å²) in [5, 5.41) is 0. The Morgan fingerprint density at radius 3 is 2.50 bits per heavy atom. The van der Waals surface area contributed by atoms with Crippen LogP contribution < -0.4 is 0 Å². The molecule has 0 saturated heterocycles. The molecule has 0 heterocycles. The number of hydrogen-bond donors (Lipinski definition) is 0. The molecule has 0 aliphatic rings. The Labute approximate surface area is 86.3 Å². The zero-order chi connectivity index (χ0) is 11.4. The van der Waals surface area contributed by atoms with Crippen molar-refractivity contribution in [2.75, 3.05) is 6.61 Å². The van der Waals surface area contributed by atoms with E-state index >= 15 is 0 Å². The van der Waals surface area contributed by atoms with Crippen molar-refractivity contribution in [3.8, 4) is 12.3 Å². The molecule has 0 amide bonds. The van der Waals surface area contributed by atoms with Gasteiger partial charge >= 0.3 is 5.97 Å². The summed E-state index contributed by atoms with van der Waals surface area (Å²) in [4.78, 5) is 11.6. The van der Waals surface area contributed by atoms with Crippen LogP contribution in [0.5, 0.6) is 0 Å². The van der Waals surface area contributed by atoms with Crippen LogP contribution in [0.2, 0.25) is 0 Å². The number of ether oxygens (including phenoxy) is 1. The van der Waals surface area contributed by atoms with Crippen LogP contribution in [-0.4, -0.2) is 12.6 Å². The first-order valence-electron chi connectivity index (χ1n) is 4.70. The van der Waals surface area contributed by atoms with Crippen LogP contribution in [0.3, 0.4) is 0 Å². The van der Waals surface area contributed by atoms with Gasteiger partial charge in [0.1, 0.15) is 5.41 Å². The molecule has 0 aromatic rings. The third kappa shape index (κ3) is 2.38. The van der Waals surface area contributed by atoms with Crippen LogP contribution in [0.15, 0.2) is 12.2 Å². The molecule has 0 aromatic carbocycles. The highest BCUT2D eigenvalue weighted by Crippen LogP contribution is 2.32. The number of hydrogen-bond acceptors (Lipinski definition) is 2. The van der Waals surface area contributed by atoms with E-state index in [4.69, 9.17) is 11.2 Å². The van der Waals surface area contributed by atoms with E-state index in [0.29, 0.717) is 6.61 Å². The molecule has 0 aliphatic carbocycles. The van der Waals surface area contributed by atoms with Crippen molar-refractivity contribution in [2.45, 2.75) is 27.7 Å². The molecule has 0 radical (unpaired) electrons. The molecular formula is C12H18O2. The summed E-state index contributed by atoms with van der Waals surface area (Å²) in [6, 6.07) is 0. The summed E-state index contributed by atoms with van der Waals surface area (Å²) >= 11 is 0. The molecule has 0 N–H and O–H groups in total. The third-order valence-electron chi connectivity index (χ3n) is 2.60. The van der Waals surface area contributed by atoms with E-state index < -0.39 is 5.41 Å². The van der Waals surface area contributed by atoms with Gasteiger partial charge in [0.25, 0.3) is 0 Å². The minimum Gasteiger partial charge on any atom is -0.465 e. The molecule has 0 spiro atoms. The van der Waals surface area contributed by atoms with Gasteiger partial charge in [-0.25, -0.2) is 0 Å². The van der Waals surface area contributed by atoms with Gasteiger partial charge in [-0.05, 0) is 20.8 Å². The van der Waals surface area contributed by atoms with Gasteiger partial charge in [0, 0.05) is 5.92 Å². The molecule has 2 atom stereocenters. The first kappa shape index (κ1) is 12.8. The molecule has 78 valence electrons. The molecule has 0 fully saturated rings. The predicted molar refractivity (Wildman–Crippen MR) is 57.6 cm³/mol. The van der Waals surface area contributed by atoms with Crippen LogP contribution in [0, 0.1) is 23.7 Å². The van der Waals surface area contributed by atoms with E-state index in [-0.39, 0.29) is 11.9 Å². The molecular weight excluding hydrogens is 176 g/mol. The van der Waals surface area contributed by atoms with Gasteiger partial charge in [0.2, 0.25) is 0 Å². The second-order valence-corrected chi connectivity index (χ2v) is 3.64. The number of rotatable bonds is 4. The van der Waals surface area contributed by atoms with Gasteiger partial charge in [0.15, 0.2) is 0 Å². The van der Waals surface area contributed by atoms with Crippen molar-refractivity contribution >= 4 is 5.97 Å². The Morgan fingerprint density at radius 1 is 1.71 bits per heavy atom. The first-order valence-corrected chi connectivity index (χ1v) is 4.70. The number of carbonyl (C=O) groups excluding carboxylic acids is 1. The monoisotopic (exact) mass is 194 g/mol. The second kappa shape index (κ2) is 4.85. The highest BCUT2D eigenvalue weighted by Gasteiger charge is 2.38. The van der Waals surface area contributed by atoms with Crippen LogP contribution in [0.4, 0.5) is 0 Å². The Hall–Kier alpha value is -1.23. The summed E-state index contributed by atoms with van der Waals surface area (Å²) in [5.74, 6) is 2.08. The molecule has 0 rings (SSSR count). The quantitative estimate of drug-likeness (QED) is 0.390. The van der Waals surface area contributed by atoms with Crippen molar-refractivity contribution in [2.24, 2.45) is 11.3 Å². The summed E-state index contributed by atoms with van der Waals surface area (Å²) < 4.78 is 4.95. The Bertz CT molecular complexity index is 273. The Kier molecular flexibility index (Phi) is 4.43. The molecule has 2 heteroatoms. The molecule has 0 bridgehead atoms. The fourth-order valence-corrected chi connectivity index (χ4v) is 1.13. The summed E-state index contributed by atoms with van der Waals surface area (Å²) in [6.07, 6.45) is 5.38. The molecule has 0 unspecified atom stereocenters. The van der Waals surface area contributed by atoms with E-state index in [2.05, 4.69) is 12.5 Å². The van der Waals surface area contributed by atoms with Crippen LogP contribution in [0.1, 0.15) is 27.7 Å². The van der Waals surface area contributed by atoms with Gasteiger partial charge in [-0.15, -0.1) is 6.42 Å². The lowest BCUT2D eigenvalue weighted by Crippen LogP contribution is -2.35. The molecule has 2 nitrogen and oxygen atoms in total. The van der Waals surface area contributed by atoms with E-state index in [1.54, 1.807) is 13.8 Å². The van der Waals surface area contributed by atoms with Gasteiger partial charge < -0.3 is 4.74 Å². The van der Waals surface area contributed by atoms with Crippen molar-refractivity contribution < 1.29 is 9.53 Å². The SMILES string of the molecule is C#C[C@@](C)(C(=O)OCC)[C@@H](C)C(=C)C. The smallest absolute Gasteiger partial charge is 0.324 e. The fraction of sp³-hybridized carbons (Fsp3) is 0.583. The van der Waals surface area contributed by atoms with E-state index in [1.807, 2.05) is 13.8 Å². The van der Waals surface area contributed by atoms with Crippen LogP contribution in [0.25, 0.3) is 0 Å². The normalized spacial score (nSPS) is 16.2. The van der Waals surface area contributed by atoms with E-state index in [0.717, 1.165) is 5.57 Å². The van der Waals surface area contributed by atoms with Gasteiger partial charge in [-0.3, -0.25) is 4.79 Å². The standard InChI is InChI=1S/C12H18O2/c1-7-12(6,10(5)9(3)4)11(13)14-8-2/h1,10H,3,8H2,2,4-6H3/t10-,12+/m0/s1. The van der Waals surface area contributed by atoms with Gasteiger partial charge in [-0.1, -0.05) is 25.0 Å². The topological polar surface area (TPSA) is 26.3 Å². The third-order valence-corrected chi connectivity index (χ3v) is 2.60. The Balaban J connectivity index is 4.90. The maximum atomic E-state index is 11.6. The number of esters is 1. The van der Waals surface area contributed by atoms with Crippen molar-refractivity contribution in [1.29, 1.82) is 0 Å². The summed E-state index contributed by atoms with van der Waals surface area (Å²) in [5.41, 5.74) is -0.0134. The molecule has 0 saturated carbocycles. The van der Waals surface area contributed by atoms with Crippen LogP contribution in [-0.2, 0) is 9.53 Å². The second-order valence-electron chi connectivity index (χ2n) is 3.64. The summed E-state index contributed by atoms with van der Waals surface area (Å²) in [6.45, 7) is 11.4. The average molecular weight is 194 g/mol. The largest absolute Gasteiger partial charge is 0.465 e. The lowest BCUT2D eigenvalue weighted by Gasteiger charge is -2.28. The maximum Gasteiger partial charge on any atom is 0.324 e. The lowest BCUT2D eigenvalue weighted by molar-refractivity contribution is -0.152. The van der Waals surface area contributed by atoms with Crippen molar-refractivity contribution in [1.82, 2.24) is 0 Å². The fourth-order valence-electron chi connectivity index (χ4n) is 1.13. The minimum atomic E-state index is -0.901. The minimum absolute atomic E-state index is 0.0773. The molecule has 14 heavy (non-hydrogen) atoms.